The van der Waals surface area contributed by atoms with Gasteiger partial charge in [-0.3, -0.25) is 15.8 Å². The molecule has 0 atom stereocenters. The molecule has 0 unspecified atom stereocenters. The molecule has 0 aliphatic heterocycles. The van der Waals surface area contributed by atoms with Crippen LogP contribution in [0.25, 0.3) is 0 Å². The Labute approximate surface area is 154 Å². The molecule has 1 aliphatic rings. The van der Waals surface area contributed by atoms with E-state index >= 15 is 0 Å². The van der Waals surface area contributed by atoms with E-state index in [1.807, 2.05) is 12.1 Å². The first-order valence-electron chi connectivity index (χ1n) is 9.18. The van der Waals surface area contributed by atoms with Gasteiger partial charge in [-0.1, -0.05) is 24.3 Å². The summed E-state index contributed by atoms with van der Waals surface area (Å²) in [4.78, 5) is 2.27. The van der Waals surface area contributed by atoms with E-state index in [1.54, 1.807) is 0 Å². The number of hydrogen-bond donors (Lipinski definition) is 3. The van der Waals surface area contributed by atoms with Gasteiger partial charge in [0.1, 0.15) is 0 Å². The molecule has 0 saturated heterocycles. The zero-order chi connectivity index (χ0) is 18.1. The average molecular weight is 347 g/mol. The smallest absolute Gasteiger partial charge is 0.162 e. The Bertz CT molecular complexity index is 908. The Morgan fingerprint density at radius 3 is 2.54 bits per heavy atom. The topological polar surface area (TPSA) is 70.0 Å². The van der Waals surface area contributed by atoms with Gasteiger partial charge in [0, 0.05) is 16.9 Å². The maximum atomic E-state index is 5.66. The number of hydrazine groups is 1. The van der Waals surface area contributed by atoms with E-state index in [-0.39, 0.29) is 0 Å². The van der Waals surface area contributed by atoms with Crippen LogP contribution >= 0.6 is 0 Å². The minimum Gasteiger partial charge on any atom is -0.324 e. The summed E-state index contributed by atoms with van der Waals surface area (Å²) in [5.41, 5.74) is 10.9. The number of nitrogens with one attached hydrogen (secondary N) is 2. The number of nitrogens with zero attached hydrogens (tertiary/aromatic N) is 2. The summed E-state index contributed by atoms with van der Waals surface area (Å²) in [5, 5.41) is 8.02. The van der Waals surface area contributed by atoms with E-state index in [9.17, 15) is 0 Å². The van der Waals surface area contributed by atoms with Crippen LogP contribution in [0.4, 0.5) is 22.9 Å². The molecular weight excluding hydrogens is 322 g/mol. The number of nitrogens with two attached hydrogens (primary N) is 1. The maximum Gasteiger partial charge on any atom is 0.162 e. The van der Waals surface area contributed by atoms with Crippen molar-refractivity contribution in [3.8, 4) is 0 Å². The normalized spacial score (nSPS) is 13.3. The summed E-state index contributed by atoms with van der Waals surface area (Å²) >= 11 is 0. The van der Waals surface area contributed by atoms with Gasteiger partial charge in [0.25, 0.3) is 0 Å². The number of para-hydroxylation sites is 1. The fourth-order valence-corrected chi connectivity index (χ4v) is 3.90. The molecule has 5 nitrogen and oxygen atoms in total. The Hall–Kier alpha value is -2.79. The van der Waals surface area contributed by atoms with Crippen LogP contribution in [0.2, 0.25) is 0 Å². The molecular formula is C21H25N5. The second kappa shape index (κ2) is 6.84. The lowest BCUT2D eigenvalue weighted by atomic mass is 9.96. The molecule has 0 radical (unpaired) electrons. The number of anilines is 4. The van der Waals surface area contributed by atoms with Gasteiger partial charge in [-0.05, 0) is 68.9 Å². The molecule has 0 amide bonds. The SMILES string of the molecule is Cc1cccc(C)c1N(c1cccc(NN)c1)c1n[nH]c2c1CCCC2. The van der Waals surface area contributed by atoms with Gasteiger partial charge in [-0.2, -0.15) is 5.10 Å². The van der Waals surface area contributed by atoms with Crippen LogP contribution in [-0.4, -0.2) is 10.2 Å². The first kappa shape index (κ1) is 16.7. The molecule has 0 spiro atoms. The monoisotopic (exact) mass is 347 g/mol. The first-order chi connectivity index (χ1) is 12.7. The first-order valence-corrected chi connectivity index (χ1v) is 9.18. The lowest BCUT2D eigenvalue weighted by Gasteiger charge is -2.28. The summed E-state index contributed by atoms with van der Waals surface area (Å²) in [6.45, 7) is 4.30. The number of nitrogen functional groups attached to an aromatic ring is 1. The summed E-state index contributed by atoms with van der Waals surface area (Å²) in [7, 11) is 0. The van der Waals surface area contributed by atoms with Crippen LogP contribution in [0.5, 0.6) is 0 Å². The molecule has 0 bridgehead atoms. The highest BCUT2D eigenvalue weighted by atomic mass is 15.3. The zero-order valence-electron chi connectivity index (χ0n) is 15.3. The Kier molecular flexibility index (Phi) is 4.39. The molecule has 1 aromatic heterocycles. The van der Waals surface area contributed by atoms with Crippen LogP contribution in [0.3, 0.4) is 0 Å². The summed E-state index contributed by atoms with van der Waals surface area (Å²) in [6, 6.07) is 14.6. The van der Waals surface area contributed by atoms with Crippen molar-refractivity contribution in [2.45, 2.75) is 39.5 Å². The molecule has 0 fully saturated rings. The van der Waals surface area contributed by atoms with Gasteiger partial charge >= 0.3 is 0 Å². The van der Waals surface area contributed by atoms with Crippen LogP contribution in [0.15, 0.2) is 42.5 Å². The Morgan fingerprint density at radius 2 is 1.77 bits per heavy atom. The molecule has 1 aliphatic carbocycles. The number of aryl methyl sites for hydroxylation is 3. The number of aromatic nitrogens is 2. The van der Waals surface area contributed by atoms with Crippen LogP contribution in [-0.2, 0) is 12.8 Å². The van der Waals surface area contributed by atoms with Crippen molar-refractivity contribution in [3.05, 3.63) is 64.8 Å². The number of rotatable bonds is 4. The molecule has 4 N–H and O–H groups in total. The van der Waals surface area contributed by atoms with Crippen LogP contribution in [0, 0.1) is 13.8 Å². The fourth-order valence-electron chi connectivity index (χ4n) is 3.90. The molecule has 2 aromatic carbocycles. The molecule has 1 heterocycles. The minimum atomic E-state index is 0.878. The Morgan fingerprint density at radius 1 is 1.04 bits per heavy atom. The summed E-state index contributed by atoms with van der Waals surface area (Å²) in [5.74, 6) is 6.66. The lowest BCUT2D eigenvalue weighted by Crippen LogP contribution is -2.16. The quantitative estimate of drug-likeness (QED) is 0.474. The summed E-state index contributed by atoms with van der Waals surface area (Å²) in [6.07, 6.45) is 4.58. The largest absolute Gasteiger partial charge is 0.324 e. The fraction of sp³-hybridized carbons (Fsp3) is 0.286. The molecule has 134 valence electrons. The second-order valence-corrected chi connectivity index (χ2v) is 6.98. The zero-order valence-corrected chi connectivity index (χ0v) is 15.3. The van der Waals surface area contributed by atoms with Gasteiger partial charge in [-0.15, -0.1) is 0 Å². The molecule has 4 rings (SSSR count). The second-order valence-electron chi connectivity index (χ2n) is 6.98. The number of H-pyrrole nitrogens is 1. The van der Waals surface area contributed by atoms with Crippen molar-refractivity contribution < 1.29 is 0 Å². The maximum absolute atomic E-state index is 5.66. The minimum absolute atomic E-state index is 0.878. The highest BCUT2D eigenvalue weighted by molar-refractivity contribution is 5.81. The molecule has 0 saturated carbocycles. The third-order valence-electron chi connectivity index (χ3n) is 5.18. The van der Waals surface area contributed by atoms with Crippen LogP contribution < -0.4 is 16.2 Å². The van der Waals surface area contributed by atoms with Crippen molar-refractivity contribution >= 4 is 22.9 Å². The summed E-state index contributed by atoms with van der Waals surface area (Å²) < 4.78 is 0. The molecule has 3 aromatic rings. The van der Waals surface area contributed by atoms with Crippen molar-refractivity contribution in [1.29, 1.82) is 0 Å². The van der Waals surface area contributed by atoms with Gasteiger partial charge < -0.3 is 5.43 Å². The van der Waals surface area contributed by atoms with Crippen LogP contribution in [0.1, 0.15) is 35.2 Å². The highest BCUT2D eigenvalue weighted by Gasteiger charge is 2.25. The average Bonchev–Trinajstić information content (AvgIpc) is 3.08. The van der Waals surface area contributed by atoms with Gasteiger partial charge in [0.05, 0.1) is 11.4 Å². The van der Waals surface area contributed by atoms with Crippen molar-refractivity contribution in [1.82, 2.24) is 10.2 Å². The predicted molar refractivity (Wildman–Crippen MR) is 107 cm³/mol. The van der Waals surface area contributed by atoms with E-state index in [1.165, 1.54) is 40.9 Å². The molecule has 5 heteroatoms. The standard InChI is InChI=1S/C21H25N5/c1-14-7-5-8-15(2)20(14)26(17-10-6-9-16(13-17)23-22)21-18-11-3-4-12-19(18)24-25-21/h5-10,13,23H,3-4,11-12,22H2,1-2H3,(H,24,25). The van der Waals surface area contributed by atoms with Crippen molar-refractivity contribution in [2.75, 3.05) is 10.3 Å². The van der Waals surface area contributed by atoms with E-state index in [0.29, 0.717) is 0 Å². The Balaban J connectivity index is 1.94. The number of aromatic amines is 1. The number of hydrogen-bond acceptors (Lipinski definition) is 4. The van der Waals surface area contributed by atoms with E-state index in [2.05, 4.69) is 59.6 Å². The lowest BCUT2D eigenvalue weighted by molar-refractivity contribution is 0.675. The third-order valence-corrected chi connectivity index (χ3v) is 5.18. The third kappa shape index (κ3) is 2.84. The van der Waals surface area contributed by atoms with Gasteiger partial charge in [0.2, 0.25) is 0 Å². The number of benzene rings is 2. The van der Waals surface area contributed by atoms with E-state index < -0.39 is 0 Å². The van der Waals surface area contributed by atoms with E-state index in [4.69, 9.17) is 10.9 Å². The van der Waals surface area contributed by atoms with Gasteiger partial charge in [-0.25, -0.2) is 0 Å². The number of fused-ring (bicyclic) bond motifs is 1. The van der Waals surface area contributed by atoms with Crippen molar-refractivity contribution in [2.24, 2.45) is 5.84 Å². The highest BCUT2D eigenvalue weighted by Crippen LogP contribution is 2.41. The van der Waals surface area contributed by atoms with E-state index in [0.717, 1.165) is 30.0 Å². The van der Waals surface area contributed by atoms with Gasteiger partial charge in [0.15, 0.2) is 5.82 Å². The molecule has 26 heavy (non-hydrogen) atoms. The predicted octanol–water partition coefficient (Wildman–Crippen LogP) is 4.66. The van der Waals surface area contributed by atoms with Crippen molar-refractivity contribution in [3.63, 3.8) is 0 Å².